The summed E-state index contributed by atoms with van der Waals surface area (Å²) in [6.45, 7) is 10.1. The van der Waals surface area contributed by atoms with Gasteiger partial charge in [0.25, 0.3) is 0 Å². The van der Waals surface area contributed by atoms with E-state index in [0.717, 1.165) is 12.3 Å². The molecule has 1 nitrogen and oxygen atoms in total. The summed E-state index contributed by atoms with van der Waals surface area (Å²) >= 11 is 0. The third kappa shape index (κ3) is 2.82. The number of rotatable bonds is 3. The summed E-state index contributed by atoms with van der Waals surface area (Å²) in [4.78, 5) is 2.58. The van der Waals surface area contributed by atoms with Gasteiger partial charge in [-0.1, -0.05) is 13.8 Å². The molecule has 1 fully saturated rings. The second-order valence-corrected chi connectivity index (χ2v) is 3.60. The molecule has 1 rings (SSSR count). The van der Waals surface area contributed by atoms with Crippen LogP contribution in [0.5, 0.6) is 0 Å². The minimum absolute atomic E-state index is 0.885. The SMILES string of the molecule is [CH2]CC1CCCN(CCC)C1. The quantitative estimate of drug-likeness (QED) is 0.603. The summed E-state index contributed by atoms with van der Waals surface area (Å²) in [6.07, 6.45) is 5.22. The van der Waals surface area contributed by atoms with E-state index in [9.17, 15) is 0 Å². The Kier molecular flexibility index (Phi) is 3.92. The van der Waals surface area contributed by atoms with Gasteiger partial charge in [-0.15, -0.1) is 0 Å². The topological polar surface area (TPSA) is 3.24 Å². The Morgan fingerprint density at radius 1 is 1.55 bits per heavy atom. The van der Waals surface area contributed by atoms with Gasteiger partial charge in [0.15, 0.2) is 0 Å². The maximum Gasteiger partial charge on any atom is 0.000966 e. The van der Waals surface area contributed by atoms with Crippen LogP contribution in [-0.4, -0.2) is 24.5 Å². The van der Waals surface area contributed by atoms with Crippen LogP contribution in [0.4, 0.5) is 0 Å². The molecule has 0 N–H and O–H groups in total. The van der Waals surface area contributed by atoms with E-state index in [2.05, 4.69) is 18.7 Å². The number of nitrogens with zero attached hydrogens (tertiary/aromatic N) is 1. The van der Waals surface area contributed by atoms with Crippen LogP contribution in [0.2, 0.25) is 0 Å². The third-order valence-corrected chi connectivity index (χ3v) is 2.55. The molecule has 1 radical (unpaired) electrons. The van der Waals surface area contributed by atoms with Gasteiger partial charge in [0.1, 0.15) is 0 Å². The second-order valence-electron chi connectivity index (χ2n) is 3.60. The van der Waals surface area contributed by atoms with Crippen LogP contribution >= 0.6 is 0 Å². The van der Waals surface area contributed by atoms with Crippen molar-refractivity contribution in [3.05, 3.63) is 6.92 Å². The van der Waals surface area contributed by atoms with Gasteiger partial charge in [0.2, 0.25) is 0 Å². The smallest absolute Gasteiger partial charge is 0.000966 e. The predicted molar refractivity (Wildman–Crippen MR) is 49.4 cm³/mol. The zero-order valence-electron chi connectivity index (χ0n) is 7.68. The Labute approximate surface area is 70.8 Å². The van der Waals surface area contributed by atoms with Gasteiger partial charge in [-0.25, -0.2) is 0 Å². The maximum atomic E-state index is 3.98. The van der Waals surface area contributed by atoms with Crippen molar-refractivity contribution in [2.45, 2.75) is 32.6 Å². The normalized spacial score (nSPS) is 27.3. The van der Waals surface area contributed by atoms with Gasteiger partial charge in [-0.05, 0) is 44.7 Å². The molecule has 1 aliphatic heterocycles. The molecule has 0 bridgehead atoms. The lowest BCUT2D eigenvalue weighted by molar-refractivity contribution is 0.175. The third-order valence-electron chi connectivity index (χ3n) is 2.55. The molecule has 0 spiro atoms. The van der Waals surface area contributed by atoms with E-state index < -0.39 is 0 Å². The number of hydrogen-bond donors (Lipinski definition) is 0. The highest BCUT2D eigenvalue weighted by Crippen LogP contribution is 2.18. The Morgan fingerprint density at radius 3 is 3.00 bits per heavy atom. The molecule has 0 aromatic rings. The standard InChI is InChI=1S/C10H20N/c1-3-7-11-8-5-6-10(4-2)9-11/h10H,2-9H2,1H3. The highest BCUT2D eigenvalue weighted by atomic mass is 15.1. The maximum absolute atomic E-state index is 3.98. The molecule has 65 valence electrons. The molecule has 1 unspecified atom stereocenters. The van der Waals surface area contributed by atoms with Crippen molar-refractivity contribution in [1.29, 1.82) is 0 Å². The summed E-state index contributed by atoms with van der Waals surface area (Å²) in [6, 6.07) is 0. The van der Waals surface area contributed by atoms with Crippen molar-refractivity contribution in [2.24, 2.45) is 5.92 Å². The monoisotopic (exact) mass is 154 g/mol. The molecule has 0 aliphatic carbocycles. The largest absolute Gasteiger partial charge is 0.303 e. The van der Waals surface area contributed by atoms with Gasteiger partial charge in [-0.3, -0.25) is 0 Å². The van der Waals surface area contributed by atoms with Crippen molar-refractivity contribution in [1.82, 2.24) is 4.90 Å². The average Bonchev–Trinajstić information content (AvgIpc) is 2.06. The van der Waals surface area contributed by atoms with E-state index in [0.29, 0.717) is 0 Å². The van der Waals surface area contributed by atoms with E-state index in [1.165, 1.54) is 38.9 Å². The lowest BCUT2D eigenvalue weighted by atomic mass is 9.96. The predicted octanol–water partition coefficient (Wildman–Crippen LogP) is 2.33. The van der Waals surface area contributed by atoms with Gasteiger partial charge >= 0.3 is 0 Å². The van der Waals surface area contributed by atoms with Crippen molar-refractivity contribution < 1.29 is 0 Å². The highest BCUT2D eigenvalue weighted by molar-refractivity contribution is 4.72. The number of piperidine rings is 1. The van der Waals surface area contributed by atoms with Gasteiger partial charge in [-0.2, -0.15) is 0 Å². The van der Waals surface area contributed by atoms with E-state index in [4.69, 9.17) is 0 Å². The van der Waals surface area contributed by atoms with E-state index in [1.54, 1.807) is 0 Å². The Bertz CT molecular complexity index is 99.0. The lowest BCUT2D eigenvalue weighted by Crippen LogP contribution is -2.35. The Hall–Kier alpha value is -0.0400. The molecule has 0 aromatic carbocycles. The summed E-state index contributed by atoms with van der Waals surface area (Å²) in [5.41, 5.74) is 0. The summed E-state index contributed by atoms with van der Waals surface area (Å²) < 4.78 is 0. The van der Waals surface area contributed by atoms with Gasteiger partial charge in [0, 0.05) is 6.54 Å². The zero-order chi connectivity index (χ0) is 8.10. The summed E-state index contributed by atoms with van der Waals surface area (Å²) in [7, 11) is 0. The van der Waals surface area contributed by atoms with Crippen LogP contribution in [-0.2, 0) is 0 Å². The van der Waals surface area contributed by atoms with Crippen molar-refractivity contribution in [2.75, 3.05) is 19.6 Å². The molecule has 0 amide bonds. The van der Waals surface area contributed by atoms with E-state index in [-0.39, 0.29) is 0 Å². The molecule has 1 heteroatoms. The number of likely N-dealkylation sites (tertiary alicyclic amines) is 1. The van der Waals surface area contributed by atoms with Gasteiger partial charge < -0.3 is 4.90 Å². The van der Waals surface area contributed by atoms with Crippen molar-refractivity contribution in [3.63, 3.8) is 0 Å². The van der Waals surface area contributed by atoms with Crippen LogP contribution in [0.3, 0.4) is 0 Å². The molecule has 1 saturated heterocycles. The summed E-state index contributed by atoms with van der Waals surface area (Å²) in [5.74, 6) is 0.885. The van der Waals surface area contributed by atoms with Crippen LogP contribution in [0, 0.1) is 12.8 Å². The molecule has 0 saturated carbocycles. The molecule has 11 heavy (non-hydrogen) atoms. The van der Waals surface area contributed by atoms with Crippen molar-refractivity contribution in [3.8, 4) is 0 Å². The molecule has 0 aromatic heterocycles. The van der Waals surface area contributed by atoms with E-state index >= 15 is 0 Å². The Morgan fingerprint density at radius 2 is 2.36 bits per heavy atom. The molecular formula is C10H20N. The number of hydrogen-bond acceptors (Lipinski definition) is 1. The highest BCUT2D eigenvalue weighted by Gasteiger charge is 2.16. The van der Waals surface area contributed by atoms with Crippen LogP contribution in [0.15, 0.2) is 0 Å². The summed E-state index contributed by atoms with van der Waals surface area (Å²) in [5, 5.41) is 0. The minimum Gasteiger partial charge on any atom is -0.303 e. The zero-order valence-corrected chi connectivity index (χ0v) is 7.68. The molecule has 1 aliphatic rings. The fourth-order valence-corrected chi connectivity index (χ4v) is 1.91. The molecule has 1 heterocycles. The van der Waals surface area contributed by atoms with Crippen LogP contribution in [0.1, 0.15) is 32.6 Å². The first-order valence-electron chi connectivity index (χ1n) is 4.88. The minimum atomic E-state index is 0.885. The van der Waals surface area contributed by atoms with Crippen LogP contribution < -0.4 is 0 Å². The first-order chi connectivity index (χ1) is 5.36. The second kappa shape index (κ2) is 4.76. The average molecular weight is 154 g/mol. The van der Waals surface area contributed by atoms with Crippen molar-refractivity contribution >= 4 is 0 Å². The van der Waals surface area contributed by atoms with Crippen LogP contribution in [0.25, 0.3) is 0 Å². The van der Waals surface area contributed by atoms with E-state index in [1.807, 2.05) is 0 Å². The lowest BCUT2D eigenvalue weighted by Gasteiger charge is -2.31. The molecule has 1 atom stereocenters. The first-order valence-corrected chi connectivity index (χ1v) is 4.88. The van der Waals surface area contributed by atoms with Gasteiger partial charge in [0.05, 0.1) is 0 Å². The Balaban J connectivity index is 2.21. The fourth-order valence-electron chi connectivity index (χ4n) is 1.91. The fraction of sp³-hybridized carbons (Fsp3) is 0.900. The first kappa shape index (κ1) is 9.05. The molecular weight excluding hydrogens is 134 g/mol.